The Kier molecular flexibility index (Phi) is 9.80. The van der Waals surface area contributed by atoms with Crippen LogP contribution in [0.25, 0.3) is 11.1 Å². The van der Waals surface area contributed by atoms with Gasteiger partial charge in [-0.2, -0.15) is 0 Å². The highest BCUT2D eigenvalue weighted by Crippen LogP contribution is 2.47. The van der Waals surface area contributed by atoms with Crippen LogP contribution in [0.3, 0.4) is 0 Å². The Bertz CT molecular complexity index is 1180. The first kappa shape index (κ1) is 27.1. The monoisotopic (exact) mass is 482 g/mol. The largest absolute Gasteiger partial charge is 0.481 e. The molecule has 4 aromatic rings. The van der Waals surface area contributed by atoms with Gasteiger partial charge in [-0.25, -0.2) is 4.98 Å². The second-order valence-electron chi connectivity index (χ2n) is 8.88. The van der Waals surface area contributed by atoms with Crippen molar-refractivity contribution in [2.24, 2.45) is 0 Å². The number of aliphatic hydroxyl groups is 1. The van der Waals surface area contributed by atoms with E-state index >= 15 is 0 Å². The molecule has 2 unspecified atom stereocenters. The van der Waals surface area contributed by atoms with Crippen LogP contribution in [0, 0.1) is 0 Å². The van der Waals surface area contributed by atoms with Gasteiger partial charge in [-0.1, -0.05) is 105 Å². The third kappa shape index (κ3) is 6.20. The topological polar surface area (TPSA) is 45.6 Å². The van der Waals surface area contributed by atoms with Crippen molar-refractivity contribution in [3.05, 3.63) is 120 Å². The van der Waals surface area contributed by atoms with Crippen molar-refractivity contribution in [3.8, 4) is 17.0 Å². The van der Waals surface area contributed by atoms with Gasteiger partial charge in [-0.3, -0.25) is 0 Å². The summed E-state index contributed by atoms with van der Waals surface area (Å²) >= 11 is 0. The average molecular weight is 483 g/mol. The molecule has 0 saturated carbocycles. The molecule has 4 rings (SSSR count). The van der Waals surface area contributed by atoms with Gasteiger partial charge in [-0.15, -0.1) is 0 Å². The molecule has 0 radical (unpaired) electrons. The third-order valence-corrected chi connectivity index (χ3v) is 6.31. The quantitative estimate of drug-likeness (QED) is 0.286. The summed E-state index contributed by atoms with van der Waals surface area (Å²) < 4.78 is 5.76. The van der Waals surface area contributed by atoms with Crippen LogP contribution in [-0.2, 0) is 5.60 Å². The molecule has 0 saturated heterocycles. The fourth-order valence-electron chi connectivity index (χ4n) is 4.57. The molecule has 1 heterocycles. The molecule has 36 heavy (non-hydrogen) atoms. The van der Waals surface area contributed by atoms with Crippen LogP contribution in [0.15, 0.2) is 103 Å². The van der Waals surface area contributed by atoms with Crippen LogP contribution in [-0.4, -0.2) is 42.7 Å². The van der Waals surface area contributed by atoms with Crippen molar-refractivity contribution in [1.29, 1.82) is 0 Å². The fraction of sp³-hybridized carbons (Fsp3) is 0.281. The lowest BCUT2D eigenvalue weighted by Crippen LogP contribution is -2.37. The molecule has 0 aliphatic rings. The molecule has 0 bridgehead atoms. The lowest BCUT2D eigenvalue weighted by molar-refractivity contribution is 0.00377. The highest BCUT2D eigenvalue weighted by Gasteiger charge is 2.42. The van der Waals surface area contributed by atoms with Crippen molar-refractivity contribution < 1.29 is 9.84 Å². The van der Waals surface area contributed by atoms with Gasteiger partial charge in [0.15, 0.2) is 0 Å². The summed E-state index contributed by atoms with van der Waals surface area (Å²) in [5.41, 5.74) is 3.62. The van der Waals surface area contributed by atoms with E-state index in [1.54, 1.807) is 7.11 Å². The number of nitrogens with zero attached hydrogens (tertiary/aromatic N) is 2. The Morgan fingerprint density at radius 1 is 0.833 bits per heavy atom. The van der Waals surface area contributed by atoms with E-state index in [0.717, 1.165) is 34.4 Å². The molecular formula is C32H38N2O2. The molecule has 3 aromatic carbocycles. The summed E-state index contributed by atoms with van der Waals surface area (Å²) in [4.78, 5) is 6.78. The summed E-state index contributed by atoms with van der Waals surface area (Å²) in [6.45, 7) is 4.73. The Morgan fingerprint density at radius 2 is 1.39 bits per heavy atom. The lowest BCUT2D eigenvalue weighted by Gasteiger charge is -2.39. The lowest BCUT2D eigenvalue weighted by atomic mass is 9.71. The second-order valence-corrected chi connectivity index (χ2v) is 8.88. The zero-order valence-electron chi connectivity index (χ0n) is 22.1. The molecule has 4 heteroatoms. The van der Waals surface area contributed by atoms with Crippen LogP contribution in [0.4, 0.5) is 0 Å². The summed E-state index contributed by atoms with van der Waals surface area (Å²) in [6.07, 6.45) is 2.38. The Balaban J connectivity index is 0.00000176. The van der Waals surface area contributed by atoms with Gasteiger partial charge in [0.2, 0.25) is 5.88 Å². The first-order chi connectivity index (χ1) is 17.5. The zero-order valence-corrected chi connectivity index (χ0v) is 22.1. The van der Waals surface area contributed by atoms with Gasteiger partial charge in [0.1, 0.15) is 5.60 Å². The number of aromatic nitrogens is 1. The molecule has 0 aliphatic heterocycles. The predicted octanol–water partition coefficient (Wildman–Crippen LogP) is 6.75. The SMILES string of the molecule is CC.COc1ncc(-c2ccccc2)cc1C(c1ccccc1)C(O)(CCN(C)C)c1ccccc1. The number of ether oxygens (including phenoxy) is 1. The molecule has 2 atom stereocenters. The summed E-state index contributed by atoms with van der Waals surface area (Å²) in [6, 6.07) is 32.4. The summed E-state index contributed by atoms with van der Waals surface area (Å²) in [7, 11) is 5.69. The number of rotatable bonds is 9. The van der Waals surface area contributed by atoms with E-state index in [4.69, 9.17) is 4.74 Å². The van der Waals surface area contributed by atoms with Gasteiger partial charge >= 0.3 is 0 Å². The van der Waals surface area contributed by atoms with Gasteiger partial charge in [0.25, 0.3) is 0 Å². The van der Waals surface area contributed by atoms with Crippen LogP contribution in [0.5, 0.6) is 5.88 Å². The standard InChI is InChI=1S/C30H32N2O2.C2H6/c1-32(2)20-19-30(33,26-17-11-6-12-18-26)28(24-15-9-5-10-16-24)27-21-25(22-31-29(27)34-3)23-13-7-4-8-14-23;1-2/h4-18,21-22,28,33H,19-20H2,1-3H3;1-2H3. The van der Waals surface area contributed by atoms with Gasteiger partial charge in [0.05, 0.1) is 7.11 Å². The second kappa shape index (κ2) is 13.0. The van der Waals surface area contributed by atoms with Crippen LogP contribution < -0.4 is 4.74 Å². The zero-order chi connectivity index (χ0) is 26.0. The van der Waals surface area contributed by atoms with Crippen molar-refractivity contribution in [3.63, 3.8) is 0 Å². The minimum atomic E-state index is -1.18. The molecule has 0 amide bonds. The third-order valence-electron chi connectivity index (χ3n) is 6.31. The maximum atomic E-state index is 12.6. The summed E-state index contributed by atoms with van der Waals surface area (Å²) in [5, 5.41) is 12.6. The molecule has 188 valence electrons. The van der Waals surface area contributed by atoms with E-state index in [1.165, 1.54) is 0 Å². The Labute approximate surface area is 216 Å². The first-order valence-corrected chi connectivity index (χ1v) is 12.6. The van der Waals surface area contributed by atoms with Crippen molar-refractivity contribution >= 4 is 0 Å². The van der Waals surface area contributed by atoms with E-state index in [1.807, 2.05) is 101 Å². The van der Waals surface area contributed by atoms with Crippen LogP contribution in [0.1, 0.15) is 42.9 Å². The van der Waals surface area contributed by atoms with Crippen molar-refractivity contribution in [1.82, 2.24) is 9.88 Å². The molecule has 0 fully saturated rings. The minimum absolute atomic E-state index is 0.387. The number of hydrogen-bond donors (Lipinski definition) is 1. The highest BCUT2D eigenvalue weighted by atomic mass is 16.5. The molecule has 1 N–H and O–H groups in total. The first-order valence-electron chi connectivity index (χ1n) is 12.6. The highest BCUT2D eigenvalue weighted by molar-refractivity contribution is 5.65. The van der Waals surface area contributed by atoms with E-state index in [0.29, 0.717) is 12.3 Å². The maximum absolute atomic E-state index is 12.6. The maximum Gasteiger partial charge on any atom is 0.217 e. The van der Waals surface area contributed by atoms with Gasteiger partial charge in [0, 0.05) is 29.8 Å². The number of benzene rings is 3. The number of methoxy groups -OCH3 is 1. The van der Waals surface area contributed by atoms with E-state index < -0.39 is 5.60 Å². The smallest absolute Gasteiger partial charge is 0.217 e. The molecule has 4 nitrogen and oxygen atoms in total. The van der Waals surface area contributed by atoms with E-state index in [-0.39, 0.29) is 5.92 Å². The van der Waals surface area contributed by atoms with Gasteiger partial charge < -0.3 is 14.7 Å². The Hall–Kier alpha value is -3.47. The Morgan fingerprint density at radius 3 is 1.94 bits per heavy atom. The summed E-state index contributed by atoms with van der Waals surface area (Å²) in [5.74, 6) is 0.134. The molecular weight excluding hydrogens is 444 g/mol. The van der Waals surface area contributed by atoms with Crippen LogP contribution in [0.2, 0.25) is 0 Å². The van der Waals surface area contributed by atoms with E-state index in [9.17, 15) is 5.11 Å². The van der Waals surface area contributed by atoms with Crippen molar-refractivity contribution in [2.45, 2.75) is 31.8 Å². The normalized spacial score (nSPS) is 13.3. The minimum Gasteiger partial charge on any atom is -0.481 e. The number of hydrogen-bond acceptors (Lipinski definition) is 4. The van der Waals surface area contributed by atoms with Crippen molar-refractivity contribution in [2.75, 3.05) is 27.7 Å². The van der Waals surface area contributed by atoms with Crippen LogP contribution >= 0.6 is 0 Å². The molecule has 0 spiro atoms. The number of pyridine rings is 1. The molecule has 0 aliphatic carbocycles. The molecule has 1 aromatic heterocycles. The average Bonchev–Trinajstić information content (AvgIpc) is 2.94. The van der Waals surface area contributed by atoms with Gasteiger partial charge in [-0.05, 0) is 43.3 Å². The predicted molar refractivity (Wildman–Crippen MR) is 149 cm³/mol. The van der Waals surface area contributed by atoms with E-state index in [2.05, 4.69) is 40.2 Å². The fourth-order valence-corrected chi connectivity index (χ4v) is 4.57.